The first-order valence-corrected chi connectivity index (χ1v) is 4.56. The van der Waals surface area contributed by atoms with E-state index in [1.165, 1.54) is 0 Å². The van der Waals surface area contributed by atoms with E-state index in [0.717, 1.165) is 6.42 Å². The molecule has 0 heterocycles. The largest absolute Gasteiger partial charge is 0.355 e. The van der Waals surface area contributed by atoms with Crippen molar-refractivity contribution >= 4 is 18.3 Å². The summed E-state index contributed by atoms with van der Waals surface area (Å²) in [5.74, 6) is 0.652. The van der Waals surface area contributed by atoms with Gasteiger partial charge in [-0.3, -0.25) is 4.79 Å². The van der Waals surface area contributed by atoms with Crippen LogP contribution in [0, 0.1) is 5.92 Å². The van der Waals surface area contributed by atoms with E-state index < -0.39 is 0 Å². The summed E-state index contributed by atoms with van der Waals surface area (Å²) in [4.78, 5) is 11.3. The van der Waals surface area contributed by atoms with Crippen LogP contribution in [0.5, 0.6) is 0 Å². The fraction of sp³-hybridized carbons (Fsp3) is 0.889. The van der Waals surface area contributed by atoms with Gasteiger partial charge in [0.15, 0.2) is 0 Å². The molecule has 0 rings (SSSR count). The molecule has 0 bridgehead atoms. The molecule has 0 aromatic carbocycles. The number of nitrogens with one attached hydrogen (secondary N) is 2. The lowest BCUT2D eigenvalue weighted by Gasteiger charge is -2.16. The lowest BCUT2D eigenvalue weighted by Crippen LogP contribution is -2.43. The fourth-order valence-electron chi connectivity index (χ4n) is 1.12. The number of halogens is 1. The molecule has 0 spiro atoms. The van der Waals surface area contributed by atoms with E-state index in [9.17, 15) is 4.79 Å². The van der Waals surface area contributed by atoms with E-state index in [-0.39, 0.29) is 24.4 Å². The Kier molecular flexibility index (Phi) is 9.74. The van der Waals surface area contributed by atoms with Gasteiger partial charge in [0.05, 0.1) is 6.04 Å². The maximum Gasteiger partial charge on any atom is 0.237 e. The highest BCUT2D eigenvalue weighted by molar-refractivity contribution is 5.85. The van der Waals surface area contributed by atoms with Crippen molar-refractivity contribution in [2.24, 2.45) is 5.92 Å². The van der Waals surface area contributed by atoms with Gasteiger partial charge in [0.2, 0.25) is 5.91 Å². The summed E-state index contributed by atoms with van der Waals surface area (Å²) in [6.07, 6.45) is 0.891. The van der Waals surface area contributed by atoms with Gasteiger partial charge in [-0.15, -0.1) is 12.4 Å². The Bertz CT molecular complexity index is 140. The summed E-state index contributed by atoms with van der Waals surface area (Å²) in [5.41, 5.74) is 0. The first-order chi connectivity index (χ1) is 5.61. The van der Waals surface area contributed by atoms with Gasteiger partial charge in [-0.05, 0) is 26.3 Å². The Morgan fingerprint density at radius 3 is 2.23 bits per heavy atom. The van der Waals surface area contributed by atoms with Crippen molar-refractivity contribution in [2.45, 2.75) is 33.2 Å². The standard InChI is InChI=1S/C9H20N2O.ClH/c1-5-11-9(12)8(10-4)6-7(2)3;/h7-8,10H,5-6H2,1-4H3,(H,11,12);1H. The highest BCUT2D eigenvalue weighted by Gasteiger charge is 2.15. The number of rotatable bonds is 5. The molecule has 0 aromatic heterocycles. The normalized spacial score (nSPS) is 12.1. The Labute approximate surface area is 87.1 Å². The van der Waals surface area contributed by atoms with Crippen LogP contribution in [0.1, 0.15) is 27.2 Å². The summed E-state index contributed by atoms with van der Waals surface area (Å²) >= 11 is 0. The van der Waals surface area contributed by atoms with Crippen LogP contribution in [-0.4, -0.2) is 25.5 Å². The number of likely N-dealkylation sites (N-methyl/N-ethyl adjacent to an activating group) is 2. The molecule has 13 heavy (non-hydrogen) atoms. The molecular weight excluding hydrogens is 188 g/mol. The molecule has 0 aliphatic carbocycles. The monoisotopic (exact) mass is 208 g/mol. The molecule has 0 aliphatic heterocycles. The average molecular weight is 209 g/mol. The van der Waals surface area contributed by atoms with Crippen molar-refractivity contribution in [3.8, 4) is 0 Å². The second kappa shape index (κ2) is 8.32. The molecule has 80 valence electrons. The number of amides is 1. The van der Waals surface area contributed by atoms with E-state index in [2.05, 4.69) is 24.5 Å². The third-order valence-corrected chi connectivity index (χ3v) is 1.72. The third kappa shape index (κ3) is 6.84. The average Bonchev–Trinajstić information content (AvgIpc) is 2.00. The summed E-state index contributed by atoms with van der Waals surface area (Å²) in [6, 6.07) is -0.0371. The van der Waals surface area contributed by atoms with Gasteiger partial charge in [0.1, 0.15) is 0 Å². The smallest absolute Gasteiger partial charge is 0.237 e. The lowest BCUT2D eigenvalue weighted by molar-refractivity contribution is -0.123. The lowest BCUT2D eigenvalue weighted by atomic mass is 10.0. The predicted octanol–water partition coefficient (Wildman–Crippen LogP) is 1.18. The molecule has 4 heteroatoms. The molecule has 1 amide bonds. The van der Waals surface area contributed by atoms with E-state index in [4.69, 9.17) is 0 Å². The van der Waals surface area contributed by atoms with Crippen molar-refractivity contribution in [2.75, 3.05) is 13.6 Å². The van der Waals surface area contributed by atoms with Gasteiger partial charge >= 0.3 is 0 Å². The molecule has 1 unspecified atom stereocenters. The molecule has 3 nitrogen and oxygen atoms in total. The molecular formula is C9H21ClN2O. The Hall–Kier alpha value is -0.280. The van der Waals surface area contributed by atoms with Crippen molar-refractivity contribution in [1.82, 2.24) is 10.6 Å². The van der Waals surface area contributed by atoms with E-state index >= 15 is 0 Å². The predicted molar refractivity (Wildman–Crippen MR) is 58.2 cm³/mol. The van der Waals surface area contributed by atoms with Crippen molar-refractivity contribution in [3.05, 3.63) is 0 Å². The van der Waals surface area contributed by atoms with Gasteiger partial charge in [-0.1, -0.05) is 13.8 Å². The van der Waals surface area contributed by atoms with E-state index in [0.29, 0.717) is 12.5 Å². The molecule has 0 radical (unpaired) electrons. The maximum absolute atomic E-state index is 11.3. The molecule has 1 atom stereocenters. The number of carbonyl (C=O) groups excluding carboxylic acids is 1. The Balaban J connectivity index is 0. The summed E-state index contributed by atoms with van der Waals surface area (Å²) in [5, 5.41) is 5.81. The molecule has 0 aliphatic rings. The minimum absolute atomic E-state index is 0. The topological polar surface area (TPSA) is 41.1 Å². The zero-order valence-electron chi connectivity index (χ0n) is 8.89. The molecule has 0 saturated heterocycles. The number of carbonyl (C=O) groups is 1. The number of hydrogen-bond acceptors (Lipinski definition) is 2. The summed E-state index contributed by atoms with van der Waals surface area (Å²) in [7, 11) is 1.82. The second-order valence-corrected chi connectivity index (χ2v) is 3.37. The molecule has 0 aromatic rings. The highest BCUT2D eigenvalue weighted by Crippen LogP contribution is 2.03. The zero-order valence-corrected chi connectivity index (χ0v) is 9.70. The van der Waals surface area contributed by atoms with Crippen molar-refractivity contribution < 1.29 is 4.79 Å². The minimum Gasteiger partial charge on any atom is -0.355 e. The quantitative estimate of drug-likeness (QED) is 0.713. The van der Waals surface area contributed by atoms with Crippen LogP contribution in [0.2, 0.25) is 0 Å². The molecule has 2 N–H and O–H groups in total. The zero-order chi connectivity index (χ0) is 9.56. The summed E-state index contributed by atoms with van der Waals surface area (Å²) in [6.45, 7) is 6.86. The highest BCUT2D eigenvalue weighted by atomic mass is 35.5. The van der Waals surface area contributed by atoms with Crippen LogP contribution in [0.4, 0.5) is 0 Å². The van der Waals surface area contributed by atoms with Crippen LogP contribution >= 0.6 is 12.4 Å². The van der Waals surface area contributed by atoms with Crippen LogP contribution in [0.15, 0.2) is 0 Å². The first-order valence-electron chi connectivity index (χ1n) is 4.56. The minimum atomic E-state index is -0.0371. The van der Waals surface area contributed by atoms with Gasteiger partial charge in [0, 0.05) is 6.54 Å². The third-order valence-electron chi connectivity index (χ3n) is 1.72. The van der Waals surface area contributed by atoms with Crippen molar-refractivity contribution in [3.63, 3.8) is 0 Å². The molecule has 0 saturated carbocycles. The first kappa shape index (κ1) is 15.2. The van der Waals surface area contributed by atoms with Crippen LogP contribution < -0.4 is 10.6 Å². The van der Waals surface area contributed by atoms with Crippen molar-refractivity contribution in [1.29, 1.82) is 0 Å². The second-order valence-electron chi connectivity index (χ2n) is 3.37. The van der Waals surface area contributed by atoms with Crippen LogP contribution in [0.3, 0.4) is 0 Å². The molecule has 0 fully saturated rings. The van der Waals surface area contributed by atoms with Gasteiger partial charge in [-0.25, -0.2) is 0 Å². The van der Waals surface area contributed by atoms with Crippen LogP contribution in [-0.2, 0) is 4.79 Å². The van der Waals surface area contributed by atoms with Gasteiger partial charge < -0.3 is 10.6 Å². The number of hydrogen-bond donors (Lipinski definition) is 2. The van der Waals surface area contributed by atoms with E-state index in [1.54, 1.807) is 0 Å². The summed E-state index contributed by atoms with van der Waals surface area (Å²) < 4.78 is 0. The maximum atomic E-state index is 11.3. The SMILES string of the molecule is CCNC(=O)C(CC(C)C)NC.Cl. The Morgan fingerprint density at radius 1 is 1.38 bits per heavy atom. The van der Waals surface area contributed by atoms with Gasteiger partial charge in [0.25, 0.3) is 0 Å². The van der Waals surface area contributed by atoms with Crippen LogP contribution in [0.25, 0.3) is 0 Å². The van der Waals surface area contributed by atoms with E-state index in [1.807, 2.05) is 14.0 Å². The fourth-order valence-corrected chi connectivity index (χ4v) is 1.12. The Morgan fingerprint density at radius 2 is 1.92 bits per heavy atom. The van der Waals surface area contributed by atoms with Gasteiger partial charge in [-0.2, -0.15) is 0 Å².